The van der Waals surface area contributed by atoms with Crippen molar-refractivity contribution >= 4 is 39.5 Å². The van der Waals surface area contributed by atoms with E-state index in [9.17, 15) is 43.2 Å². The van der Waals surface area contributed by atoms with Crippen LogP contribution in [0.1, 0.15) is 447 Å². The van der Waals surface area contributed by atoms with Crippen LogP contribution < -0.4 is 0 Å². The van der Waals surface area contributed by atoms with Crippen LogP contribution in [0.4, 0.5) is 0 Å². The number of phosphoric acid groups is 2. The van der Waals surface area contributed by atoms with E-state index < -0.39 is 97.5 Å². The summed E-state index contributed by atoms with van der Waals surface area (Å²) in [7, 11) is -9.93. The molecule has 0 aromatic carbocycles. The van der Waals surface area contributed by atoms with E-state index in [-0.39, 0.29) is 25.7 Å². The number of phosphoric ester groups is 2. The summed E-state index contributed by atoms with van der Waals surface area (Å²) in [6.07, 6.45) is 65.1. The molecule has 7 atom stereocenters. The minimum atomic E-state index is -4.97. The second-order valence-electron chi connectivity index (χ2n) is 31.5. The van der Waals surface area contributed by atoms with Crippen molar-refractivity contribution in [3.05, 3.63) is 0 Å². The van der Waals surface area contributed by atoms with Crippen LogP contribution in [0.3, 0.4) is 0 Å². The van der Waals surface area contributed by atoms with Crippen LogP contribution in [0, 0.1) is 17.8 Å². The van der Waals surface area contributed by atoms with E-state index in [0.29, 0.717) is 25.7 Å². The van der Waals surface area contributed by atoms with Gasteiger partial charge >= 0.3 is 39.5 Å². The van der Waals surface area contributed by atoms with E-state index in [1.165, 1.54) is 257 Å². The van der Waals surface area contributed by atoms with Crippen molar-refractivity contribution in [2.75, 3.05) is 39.6 Å². The van der Waals surface area contributed by atoms with Crippen LogP contribution in [-0.4, -0.2) is 96.7 Å². The zero-order chi connectivity index (χ0) is 76.5. The molecule has 0 aromatic rings. The third-order valence-corrected chi connectivity index (χ3v) is 22.5. The largest absolute Gasteiger partial charge is 0.472 e. The number of hydrogen-bond donors (Lipinski definition) is 3. The average molecular weight is 1520 g/mol. The number of esters is 4. The Kier molecular flexibility index (Phi) is 73.7. The van der Waals surface area contributed by atoms with E-state index in [1.54, 1.807) is 0 Å². The fourth-order valence-corrected chi connectivity index (χ4v) is 14.7. The number of carbonyl (C=O) groups is 4. The average Bonchev–Trinajstić information content (AvgIpc) is 0.909. The molecule has 0 aliphatic carbocycles. The lowest BCUT2D eigenvalue weighted by Gasteiger charge is -2.21. The molecule has 0 spiro atoms. The number of ether oxygens (including phenoxy) is 4. The molecule has 0 radical (unpaired) electrons. The highest BCUT2D eigenvalue weighted by Crippen LogP contribution is 2.45. The van der Waals surface area contributed by atoms with Crippen LogP contribution in [0.25, 0.3) is 0 Å². The maximum absolute atomic E-state index is 13.1. The molecule has 0 saturated carbocycles. The van der Waals surface area contributed by atoms with Gasteiger partial charge in [-0.15, -0.1) is 0 Å². The van der Waals surface area contributed by atoms with Crippen LogP contribution in [0.15, 0.2) is 0 Å². The molecule has 0 aromatic heterocycles. The molecule has 0 amide bonds. The number of carbonyl (C=O) groups excluding carboxylic acids is 4. The summed E-state index contributed by atoms with van der Waals surface area (Å²) in [5, 5.41) is 10.7. The first kappa shape index (κ1) is 102. The Morgan fingerprint density at radius 3 is 0.731 bits per heavy atom. The van der Waals surface area contributed by atoms with Gasteiger partial charge in [0.2, 0.25) is 0 Å². The van der Waals surface area contributed by atoms with Gasteiger partial charge in [-0.3, -0.25) is 37.3 Å². The molecule has 0 fully saturated rings. The zero-order valence-corrected chi connectivity index (χ0v) is 70.3. The molecule has 0 saturated heterocycles. The molecule has 618 valence electrons. The Balaban J connectivity index is 5.23. The minimum Gasteiger partial charge on any atom is -0.462 e. The van der Waals surface area contributed by atoms with Gasteiger partial charge in [0.15, 0.2) is 12.2 Å². The topological polar surface area (TPSA) is 237 Å². The van der Waals surface area contributed by atoms with Gasteiger partial charge in [-0.1, -0.05) is 395 Å². The molecule has 0 aliphatic heterocycles. The van der Waals surface area contributed by atoms with E-state index in [0.717, 1.165) is 108 Å². The number of hydrogen-bond acceptors (Lipinski definition) is 15. The van der Waals surface area contributed by atoms with Gasteiger partial charge < -0.3 is 33.8 Å². The normalized spacial score (nSPS) is 14.4. The second kappa shape index (κ2) is 75.1. The highest BCUT2D eigenvalue weighted by Gasteiger charge is 2.30. The number of aliphatic hydroxyl groups is 1. The highest BCUT2D eigenvalue weighted by atomic mass is 31.2. The van der Waals surface area contributed by atoms with Gasteiger partial charge in [-0.05, 0) is 43.4 Å². The molecule has 0 bridgehead atoms. The van der Waals surface area contributed by atoms with Gasteiger partial charge in [0.05, 0.1) is 26.4 Å². The fraction of sp³-hybridized carbons (Fsp3) is 0.953. The molecule has 0 rings (SSSR count). The standard InChI is InChI=1S/C85H166O17P2/c1-8-11-12-13-14-15-16-31-38-45-52-59-66-82(87)95-73-81(102-85(90)69-62-55-48-41-34-35-42-49-56-63-76(4)5)75-100-104(93,94)98-71-79(86)70-97-103(91,92)99-74-80(72-96-83(88)67-60-53-46-39-32-27-24-23-26-30-37-44-51-58-65-78(7)10-3)101-84(89)68-61-54-47-40-33-28-22-20-18-17-19-21-25-29-36-43-50-57-64-77(6)9-2/h76-81,86H,8-75H2,1-7H3,(H,91,92)(H,93,94)/t77?,78?,79-,80-,81-/m1/s1. The van der Waals surface area contributed by atoms with Gasteiger partial charge in [0.1, 0.15) is 19.3 Å². The minimum absolute atomic E-state index is 0.106. The lowest BCUT2D eigenvalue weighted by atomic mass is 9.99. The van der Waals surface area contributed by atoms with Crippen molar-refractivity contribution in [2.45, 2.75) is 465 Å². The van der Waals surface area contributed by atoms with E-state index >= 15 is 0 Å². The Bertz CT molecular complexity index is 2010. The predicted octanol–water partition coefficient (Wildman–Crippen LogP) is 25.7. The van der Waals surface area contributed by atoms with Crippen LogP contribution >= 0.6 is 15.6 Å². The Labute approximate surface area is 638 Å². The molecule has 17 nitrogen and oxygen atoms in total. The maximum atomic E-state index is 13.1. The van der Waals surface area contributed by atoms with Crippen molar-refractivity contribution < 1.29 is 80.2 Å². The lowest BCUT2D eigenvalue weighted by molar-refractivity contribution is -0.161. The number of rotatable bonds is 83. The molecule has 104 heavy (non-hydrogen) atoms. The quantitative estimate of drug-likeness (QED) is 0.0222. The smallest absolute Gasteiger partial charge is 0.462 e. The second-order valence-corrected chi connectivity index (χ2v) is 34.4. The summed E-state index contributed by atoms with van der Waals surface area (Å²) >= 11 is 0. The predicted molar refractivity (Wildman–Crippen MR) is 428 cm³/mol. The van der Waals surface area contributed by atoms with Gasteiger partial charge in [-0.2, -0.15) is 0 Å². The first-order valence-corrected chi connectivity index (χ1v) is 46.9. The van der Waals surface area contributed by atoms with Gasteiger partial charge in [0.25, 0.3) is 0 Å². The van der Waals surface area contributed by atoms with Gasteiger partial charge in [0, 0.05) is 25.7 Å². The van der Waals surface area contributed by atoms with Gasteiger partial charge in [-0.25, -0.2) is 9.13 Å². The fourth-order valence-electron chi connectivity index (χ4n) is 13.1. The van der Waals surface area contributed by atoms with E-state index in [2.05, 4.69) is 48.5 Å². The Hall–Kier alpha value is -1.94. The van der Waals surface area contributed by atoms with Crippen molar-refractivity contribution in [1.82, 2.24) is 0 Å². The third kappa shape index (κ3) is 75.5. The maximum Gasteiger partial charge on any atom is 0.472 e. The summed E-state index contributed by atoms with van der Waals surface area (Å²) in [6, 6.07) is 0. The summed E-state index contributed by atoms with van der Waals surface area (Å²) in [4.78, 5) is 73.2. The third-order valence-electron chi connectivity index (χ3n) is 20.6. The number of aliphatic hydroxyl groups excluding tert-OH is 1. The molecule has 3 N–H and O–H groups in total. The summed E-state index contributed by atoms with van der Waals surface area (Å²) in [5.74, 6) is 0.352. The summed E-state index contributed by atoms with van der Waals surface area (Å²) < 4.78 is 68.8. The Morgan fingerprint density at radius 1 is 0.279 bits per heavy atom. The van der Waals surface area contributed by atoms with Crippen molar-refractivity contribution in [3.8, 4) is 0 Å². The molecule has 0 aliphatic rings. The van der Waals surface area contributed by atoms with Crippen molar-refractivity contribution in [3.63, 3.8) is 0 Å². The number of unbranched alkanes of at least 4 members (excludes halogenated alkanes) is 49. The lowest BCUT2D eigenvalue weighted by Crippen LogP contribution is -2.30. The Morgan fingerprint density at radius 2 is 0.490 bits per heavy atom. The summed E-state index contributed by atoms with van der Waals surface area (Å²) in [5.41, 5.74) is 0. The molecule has 4 unspecified atom stereocenters. The first-order valence-electron chi connectivity index (χ1n) is 43.9. The van der Waals surface area contributed by atoms with Crippen LogP contribution in [0.2, 0.25) is 0 Å². The van der Waals surface area contributed by atoms with Crippen molar-refractivity contribution in [2.24, 2.45) is 17.8 Å². The first-order chi connectivity index (χ1) is 50.3. The summed E-state index contributed by atoms with van der Waals surface area (Å²) in [6.45, 7) is 12.1. The van der Waals surface area contributed by atoms with Crippen LogP contribution in [-0.2, 0) is 65.4 Å². The van der Waals surface area contributed by atoms with Crippen LogP contribution in [0.5, 0.6) is 0 Å². The van der Waals surface area contributed by atoms with E-state index in [4.69, 9.17) is 37.0 Å². The zero-order valence-electron chi connectivity index (χ0n) is 68.5. The molecule has 19 heteroatoms. The highest BCUT2D eigenvalue weighted by molar-refractivity contribution is 7.47. The molecular formula is C85H166O17P2. The van der Waals surface area contributed by atoms with Crippen molar-refractivity contribution in [1.29, 1.82) is 0 Å². The molecule has 0 heterocycles. The molecular weight excluding hydrogens is 1350 g/mol. The SMILES string of the molecule is CCCCCCCCCCCCCCC(=O)OC[C@H](COP(=O)(O)OC[C@H](O)COP(=O)(O)OC[C@@H](COC(=O)CCCCCCCCCCCCCCCCC(C)CC)OC(=O)CCCCCCCCCCCCCCCCCCCCC(C)CC)OC(=O)CCCCCCCCCCCC(C)C. The van der Waals surface area contributed by atoms with E-state index in [1.807, 2.05) is 0 Å². The monoisotopic (exact) mass is 1520 g/mol.